The monoisotopic (exact) mass is 444 g/mol. The van der Waals surface area contributed by atoms with Crippen molar-refractivity contribution in [3.05, 3.63) is 72.0 Å². The van der Waals surface area contributed by atoms with Crippen molar-refractivity contribution in [1.29, 1.82) is 0 Å². The summed E-state index contributed by atoms with van der Waals surface area (Å²) in [7, 11) is 0. The van der Waals surface area contributed by atoms with Gasteiger partial charge in [0.2, 0.25) is 0 Å². The zero-order valence-electron chi connectivity index (χ0n) is 20.2. The molecule has 0 aliphatic carbocycles. The van der Waals surface area contributed by atoms with Gasteiger partial charge in [0.25, 0.3) is 0 Å². The molecule has 1 heterocycles. The van der Waals surface area contributed by atoms with Gasteiger partial charge in [-0.15, -0.1) is 0 Å². The Morgan fingerprint density at radius 2 is 1.09 bits per heavy atom. The van der Waals surface area contributed by atoms with Gasteiger partial charge in [-0.25, -0.2) is 0 Å². The molecule has 0 spiro atoms. The molecule has 0 radical (unpaired) electrons. The number of nitrogens with two attached hydrogens (primary N) is 2. The van der Waals surface area contributed by atoms with E-state index in [1.54, 1.807) is 6.26 Å². The first kappa shape index (κ1) is 24.3. The maximum Gasteiger partial charge on any atom is 0.134 e. The number of amidine groups is 2. The van der Waals surface area contributed by atoms with E-state index in [0.717, 1.165) is 59.3 Å². The number of benzene rings is 2. The van der Waals surface area contributed by atoms with Crippen molar-refractivity contribution in [2.24, 2.45) is 21.5 Å². The van der Waals surface area contributed by atoms with Gasteiger partial charge in [-0.1, -0.05) is 76.2 Å². The minimum absolute atomic E-state index is 0.269. The fourth-order valence-corrected chi connectivity index (χ4v) is 3.76. The van der Waals surface area contributed by atoms with E-state index in [1.165, 1.54) is 0 Å². The van der Waals surface area contributed by atoms with Crippen molar-refractivity contribution in [3.8, 4) is 22.5 Å². The maximum atomic E-state index is 6.21. The SMILES string of the molecule is CCC(CC)N=C(N)c1ccc(-c2coc(-c3ccc(C(N)=NC(CC)CC)cc3)c2)cc1. The third-order valence-electron chi connectivity index (χ3n) is 6.11. The summed E-state index contributed by atoms with van der Waals surface area (Å²) in [5, 5.41) is 0. The third kappa shape index (κ3) is 6.13. The second-order valence-electron chi connectivity index (χ2n) is 8.32. The van der Waals surface area contributed by atoms with Crippen LogP contribution in [0.15, 0.2) is 75.3 Å². The lowest BCUT2D eigenvalue weighted by molar-refractivity contribution is 0.583. The molecule has 0 bridgehead atoms. The Labute approximate surface area is 197 Å². The van der Waals surface area contributed by atoms with Crippen molar-refractivity contribution in [1.82, 2.24) is 0 Å². The minimum atomic E-state index is 0.269. The zero-order valence-corrected chi connectivity index (χ0v) is 20.2. The summed E-state index contributed by atoms with van der Waals surface area (Å²) >= 11 is 0. The summed E-state index contributed by atoms with van der Waals surface area (Å²) < 4.78 is 5.85. The van der Waals surface area contributed by atoms with Crippen LogP contribution in [-0.2, 0) is 0 Å². The average Bonchev–Trinajstić information content (AvgIpc) is 3.36. The Morgan fingerprint density at radius 3 is 1.52 bits per heavy atom. The fourth-order valence-electron chi connectivity index (χ4n) is 3.76. The molecule has 2 aromatic carbocycles. The fraction of sp³-hybridized carbons (Fsp3) is 0.357. The van der Waals surface area contributed by atoms with E-state index >= 15 is 0 Å². The molecule has 0 aliphatic rings. The first-order valence-electron chi connectivity index (χ1n) is 12.0. The van der Waals surface area contributed by atoms with Gasteiger partial charge >= 0.3 is 0 Å². The summed E-state index contributed by atoms with van der Waals surface area (Å²) in [5.74, 6) is 1.99. The number of aliphatic imine (C=N–C) groups is 2. The zero-order chi connectivity index (χ0) is 23.8. The van der Waals surface area contributed by atoms with Crippen LogP contribution in [-0.4, -0.2) is 23.8 Å². The van der Waals surface area contributed by atoms with E-state index in [4.69, 9.17) is 15.9 Å². The van der Waals surface area contributed by atoms with E-state index < -0.39 is 0 Å². The maximum absolute atomic E-state index is 6.21. The van der Waals surface area contributed by atoms with Crippen LogP contribution in [0.2, 0.25) is 0 Å². The summed E-state index contributed by atoms with van der Waals surface area (Å²) in [4.78, 5) is 9.26. The molecule has 3 aromatic rings. The lowest BCUT2D eigenvalue weighted by Gasteiger charge is -2.09. The number of nitrogens with zero attached hydrogens (tertiary/aromatic N) is 2. The predicted molar refractivity (Wildman–Crippen MR) is 140 cm³/mol. The molecule has 0 unspecified atom stereocenters. The van der Waals surface area contributed by atoms with Crippen LogP contribution in [0, 0.1) is 0 Å². The molecular weight excluding hydrogens is 408 g/mol. The van der Waals surface area contributed by atoms with Crippen LogP contribution >= 0.6 is 0 Å². The molecule has 0 atom stereocenters. The van der Waals surface area contributed by atoms with Gasteiger partial charge in [-0.2, -0.15) is 0 Å². The highest BCUT2D eigenvalue weighted by atomic mass is 16.3. The number of furan rings is 1. The van der Waals surface area contributed by atoms with Crippen LogP contribution in [0.3, 0.4) is 0 Å². The van der Waals surface area contributed by atoms with Crippen LogP contribution in [0.1, 0.15) is 64.5 Å². The second-order valence-corrected chi connectivity index (χ2v) is 8.32. The van der Waals surface area contributed by atoms with E-state index in [1.807, 2.05) is 42.5 Å². The minimum Gasteiger partial charge on any atom is -0.464 e. The quantitative estimate of drug-likeness (QED) is 0.280. The standard InChI is InChI=1S/C28H36N4O/c1-5-24(6-2)31-27(29)21-13-9-19(10-14-21)23-17-26(33-18-23)20-11-15-22(16-12-20)28(30)32-25(7-3)8-4/h9-18,24-25H,5-8H2,1-4H3,(H2,29,31)(H2,30,32). The number of hydrogen-bond donors (Lipinski definition) is 2. The van der Waals surface area contributed by atoms with Crippen molar-refractivity contribution < 1.29 is 4.42 Å². The number of rotatable bonds is 10. The lowest BCUT2D eigenvalue weighted by atomic mass is 10.0. The van der Waals surface area contributed by atoms with E-state index in [9.17, 15) is 0 Å². The summed E-state index contributed by atoms with van der Waals surface area (Å²) in [6, 6.07) is 18.8. The first-order valence-corrected chi connectivity index (χ1v) is 12.0. The molecule has 0 aliphatic heterocycles. The molecule has 3 rings (SSSR count). The lowest BCUT2D eigenvalue weighted by Crippen LogP contribution is -2.17. The van der Waals surface area contributed by atoms with Gasteiger partial charge < -0.3 is 15.9 Å². The molecular formula is C28H36N4O. The topological polar surface area (TPSA) is 89.9 Å². The van der Waals surface area contributed by atoms with Gasteiger partial charge in [0.05, 0.1) is 18.3 Å². The van der Waals surface area contributed by atoms with Crippen LogP contribution < -0.4 is 11.5 Å². The van der Waals surface area contributed by atoms with E-state index in [-0.39, 0.29) is 12.1 Å². The molecule has 33 heavy (non-hydrogen) atoms. The smallest absolute Gasteiger partial charge is 0.134 e. The Bertz CT molecular complexity index is 984. The van der Waals surface area contributed by atoms with E-state index in [2.05, 4.69) is 49.8 Å². The van der Waals surface area contributed by atoms with Crippen molar-refractivity contribution >= 4 is 11.7 Å². The van der Waals surface area contributed by atoms with Gasteiger partial charge in [0.1, 0.15) is 17.4 Å². The molecule has 5 nitrogen and oxygen atoms in total. The van der Waals surface area contributed by atoms with Gasteiger partial charge in [0.15, 0.2) is 0 Å². The van der Waals surface area contributed by atoms with Crippen molar-refractivity contribution in [2.45, 2.75) is 65.5 Å². The Morgan fingerprint density at radius 1 is 0.667 bits per heavy atom. The van der Waals surface area contributed by atoms with Crippen LogP contribution in [0.4, 0.5) is 0 Å². The van der Waals surface area contributed by atoms with Crippen molar-refractivity contribution in [2.75, 3.05) is 0 Å². The van der Waals surface area contributed by atoms with E-state index in [0.29, 0.717) is 11.7 Å². The predicted octanol–water partition coefficient (Wildman–Crippen LogP) is 6.40. The van der Waals surface area contributed by atoms with Gasteiger partial charge in [0, 0.05) is 22.3 Å². The molecule has 4 N–H and O–H groups in total. The normalized spacial score (nSPS) is 12.7. The highest BCUT2D eigenvalue weighted by Gasteiger charge is 2.10. The summed E-state index contributed by atoms with van der Waals surface area (Å²) in [6.07, 6.45) is 5.74. The largest absolute Gasteiger partial charge is 0.464 e. The molecule has 5 heteroatoms. The highest BCUT2D eigenvalue weighted by Crippen LogP contribution is 2.29. The Balaban J connectivity index is 1.75. The van der Waals surface area contributed by atoms with Crippen LogP contribution in [0.25, 0.3) is 22.5 Å². The summed E-state index contributed by atoms with van der Waals surface area (Å²) in [5.41, 5.74) is 17.4. The highest BCUT2D eigenvalue weighted by molar-refractivity contribution is 5.98. The molecule has 0 amide bonds. The Kier molecular flexibility index (Phi) is 8.47. The van der Waals surface area contributed by atoms with Gasteiger partial charge in [-0.3, -0.25) is 9.98 Å². The third-order valence-corrected chi connectivity index (χ3v) is 6.11. The first-order chi connectivity index (χ1) is 16.0. The van der Waals surface area contributed by atoms with Crippen LogP contribution in [0.5, 0.6) is 0 Å². The van der Waals surface area contributed by atoms with Gasteiger partial charge in [-0.05, 0) is 37.3 Å². The summed E-state index contributed by atoms with van der Waals surface area (Å²) in [6.45, 7) is 8.53. The average molecular weight is 445 g/mol. The molecule has 0 saturated heterocycles. The Hall–Kier alpha value is -3.34. The molecule has 0 saturated carbocycles. The molecule has 1 aromatic heterocycles. The number of hydrogen-bond acceptors (Lipinski definition) is 3. The molecule has 174 valence electrons. The molecule has 0 fully saturated rings. The second kappa shape index (κ2) is 11.5. The van der Waals surface area contributed by atoms with Crippen molar-refractivity contribution in [3.63, 3.8) is 0 Å².